The third-order valence-corrected chi connectivity index (χ3v) is 3.39. The fraction of sp³-hybridized carbons (Fsp3) is 0.412. The van der Waals surface area contributed by atoms with Crippen LogP contribution in [0.25, 0.3) is 0 Å². The molecule has 0 aliphatic carbocycles. The fourth-order valence-corrected chi connectivity index (χ4v) is 2.04. The van der Waals surface area contributed by atoms with Crippen LogP contribution in [0.1, 0.15) is 17.8 Å². The molecule has 24 heavy (non-hydrogen) atoms. The van der Waals surface area contributed by atoms with Crippen LogP contribution in [0.5, 0.6) is 0 Å². The summed E-state index contributed by atoms with van der Waals surface area (Å²) in [4.78, 5) is 28.7. The third-order valence-electron chi connectivity index (χ3n) is 3.39. The Balaban J connectivity index is 1.94. The van der Waals surface area contributed by atoms with Crippen molar-refractivity contribution >= 4 is 17.8 Å². The average Bonchev–Trinajstić information content (AvgIpc) is 2.58. The lowest BCUT2D eigenvalue weighted by atomic mass is 10.1. The maximum absolute atomic E-state index is 12.0. The summed E-state index contributed by atoms with van der Waals surface area (Å²) in [7, 11) is 7.49. The number of nitrogens with one attached hydrogen (secondary N) is 1. The maximum Gasteiger partial charge on any atom is 0.229 e. The molecule has 1 amide bonds. The molecule has 0 spiro atoms. The molecule has 7 nitrogen and oxygen atoms in total. The van der Waals surface area contributed by atoms with Crippen LogP contribution in [-0.2, 0) is 17.8 Å². The van der Waals surface area contributed by atoms with Crippen LogP contribution >= 0.6 is 0 Å². The van der Waals surface area contributed by atoms with Crippen LogP contribution in [-0.4, -0.2) is 49.0 Å². The first-order valence-electron chi connectivity index (χ1n) is 7.86. The molecule has 2 aromatic rings. The van der Waals surface area contributed by atoms with Crippen molar-refractivity contribution in [2.45, 2.75) is 19.4 Å². The lowest BCUT2D eigenvalue weighted by Crippen LogP contribution is -2.26. The second-order valence-corrected chi connectivity index (χ2v) is 5.90. The second kappa shape index (κ2) is 8.24. The quantitative estimate of drug-likeness (QED) is 0.825. The maximum atomic E-state index is 12.0. The van der Waals surface area contributed by atoms with Crippen molar-refractivity contribution in [1.82, 2.24) is 20.3 Å². The molecule has 0 saturated carbocycles. The van der Waals surface area contributed by atoms with E-state index in [0.29, 0.717) is 24.1 Å². The zero-order chi connectivity index (χ0) is 17.5. The zero-order valence-electron chi connectivity index (χ0n) is 14.7. The van der Waals surface area contributed by atoms with E-state index in [2.05, 4.69) is 20.3 Å². The van der Waals surface area contributed by atoms with Gasteiger partial charge >= 0.3 is 0 Å². The van der Waals surface area contributed by atoms with Gasteiger partial charge in [-0.1, -0.05) is 30.3 Å². The number of rotatable bonds is 7. The van der Waals surface area contributed by atoms with E-state index in [1.165, 1.54) is 0 Å². The minimum Gasteiger partial charge on any atom is -0.349 e. The monoisotopic (exact) mass is 328 g/mol. The van der Waals surface area contributed by atoms with Crippen molar-refractivity contribution in [2.75, 3.05) is 38.0 Å². The minimum absolute atomic E-state index is 0.0166. The molecule has 0 aliphatic rings. The molecule has 1 aromatic carbocycles. The van der Waals surface area contributed by atoms with Gasteiger partial charge in [-0.15, -0.1) is 0 Å². The largest absolute Gasteiger partial charge is 0.349 e. The number of hydrogen-bond acceptors (Lipinski definition) is 6. The molecule has 128 valence electrons. The number of aromatic nitrogens is 3. The lowest BCUT2D eigenvalue weighted by Gasteiger charge is -2.16. The van der Waals surface area contributed by atoms with Gasteiger partial charge in [-0.2, -0.15) is 15.0 Å². The molecule has 0 saturated heterocycles. The highest BCUT2D eigenvalue weighted by atomic mass is 16.1. The molecule has 1 heterocycles. The van der Waals surface area contributed by atoms with Gasteiger partial charge < -0.3 is 15.1 Å². The van der Waals surface area contributed by atoms with Crippen LogP contribution in [0.2, 0.25) is 0 Å². The van der Waals surface area contributed by atoms with Crippen molar-refractivity contribution < 1.29 is 4.79 Å². The van der Waals surface area contributed by atoms with Gasteiger partial charge in [0.15, 0.2) is 5.82 Å². The molecular formula is C17H24N6O. The van der Waals surface area contributed by atoms with Gasteiger partial charge in [-0.3, -0.25) is 4.79 Å². The Bertz CT molecular complexity index is 646. The highest BCUT2D eigenvalue weighted by Gasteiger charge is 2.10. The summed E-state index contributed by atoms with van der Waals surface area (Å²) in [5.41, 5.74) is 1.15. The van der Waals surface area contributed by atoms with Crippen molar-refractivity contribution in [3.63, 3.8) is 0 Å². The van der Waals surface area contributed by atoms with Crippen molar-refractivity contribution in [2.24, 2.45) is 0 Å². The number of amides is 1. The standard InChI is InChI=1S/C17H24N6O/c1-22(2)16-19-14(20-17(21-16)23(3)4)12-18-15(24)11-10-13-8-6-5-7-9-13/h5-9H,10-12H2,1-4H3,(H,18,24). The molecule has 2 rings (SSSR count). The van der Waals surface area contributed by atoms with Gasteiger partial charge in [0.1, 0.15) is 0 Å². The third kappa shape index (κ3) is 5.19. The highest BCUT2D eigenvalue weighted by Crippen LogP contribution is 2.10. The van der Waals surface area contributed by atoms with Crippen LogP contribution in [0.15, 0.2) is 30.3 Å². The van der Waals surface area contributed by atoms with E-state index < -0.39 is 0 Å². The smallest absolute Gasteiger partial charge is 0.229 e. The number of hydrogen-bond donors (Lipinski definition) is 1. The predicted octanol–water partition coefficient (Wildman–Crippen LogP) is 1.25. The van der Waals surface area contributed by atoms with E-state index in [-0.39, 0.29) is 12.5 Å². The predicted molar refractivity (Wildman–Crippen MR) is 95.1 cm³/mol. The number of nitrogens with zero attached hydrogens (tertiary/aromatic N) is 5. The summed E-state index contributed by atoms with van der Waals surface area (Å²) >= 11 is 0. The number of benzene rings is 1. The lowest BCUT2D eigenvalue weighted by molar-refractivity contribution is -0.121. The molecule has 7 heteroatoms. The molecule has 0 bridgehead atoms. The number of carbonyl (C=O) groups excluding carboxylic acids is 1. The Morgan fingerprint density at radius 2 is 1.54 bits per heavy atom. The minimum atomic E-state index is -0.0166. The average molecular weight is 328 g/mol. The summed E-state index contributed by atoms with van der Waals surface area (Å²) in [5.74, 6) is 1.67. The molecule has 0 fully saturated rings. The summed E-state index contributed by atoms with van der Waals surface area (Å²) in [6.07, 6.45) is 1.16. The van der Waals surface area contributed by atoms with Gasteiger partial charge in [0.2, 0.25) is 17.8 Å². The Morgan fingerprint density at radius 1 is 0.958 bits per heavy atom. The van der Waals surface area contributed by atoms with Crippen LogP contribution in [0, 0.1) is 0 Å². The molecule has 0 aliphatic heterocycles. The fourth-order valence-electron chi connectivity index (χ4n) is 2.04. The molecule has 1 N–H and O–H groups in total. The first kappa shape index (κ1) is 17.7. The molecule has 1 aromatic heterocycles. The van der Waals surface area contributed by atoms with E-state index in [1.54, 1.807) is 0 Å². The van der Waals surface area contributed by atoms with E-state index in [1.807, 2.05) is 68.3 Å². The van der Waals surface area contributed by atoms with Crippen LogP contribution in [0.4, 0.5) is 11.9 Å². The van der Waals surface area contributed by atoms with Crippen LogP contribution < -0.4 is 15.1 Å². The van der Waals surface area contributed by atoms with Crippen molar-refractivity contribution in [1.29, 1.82) is 0 Å². The van der Waals surface area contributed by atoms with Gasteiger partial charge in [0.05, 0.1) is 6.54 Å². The van der Waals surface area contributed by atoms with E-state index in [0.717, 1.165) is 12.0 Å². The second-order valence-electron chi connectivity index (χ2n) is 5.90. The van der Waals surface area contributed by atoms with Gasteiger partial charge in [0.25, 0.3) is 0 Å². The Hall–Kier alpha value is -2.70. The van der Waals surface area contributed by atoms with Gasteiger partial charge in [-0.05, 0) is 12.0 Å². The van der Waals surface area contributed by atoms with E-state index in [9.17, 15) is 4.79 Å². The normalized spacial score (nSPS) is 10.3. The Kier molecular flexibility index (Phi) is 6.06. The first-order chi connectivity index (χ1) is 11.5. The van der Waals surface area contributed by atoms with Gasteiger partial charge in [-0.25, -0.2) is 0 Å². The Labute approximate surface area is 142 Å². The first-order valence-corrected chi connectivity index (χ1v) is 7.86. The molecule has 0 unspecified atom stereocenters. The summed E-state index contributed by atoms with van der Waals surface area (Å²) < 4.78 is 0. The van der Waals surface area contributed by atoms with E-state index >= 15 is 0 Å². The molecule has 0 radical (unpaired) electrons. The van der Waals surface area contributed by atoms with E-state index in [4.69, 9.17) is 0 Å². The summed E-state index contributed by atoms with van der Waals surface area (Å²) in [6.45, 7) is 0.290. The zero-order valence-corrected chi connectivity index (χ0v) is 14.7. The Morgan fingerprint density at radius 3 is 2.08 bits per heavy atom. The molecule has 0 atom stereocenters. The van der Waals surface area contributed by atoms with Crippen molar-refractivity contribution in [3.8, 4) is 0 Å². The molecular weight excluding hydrogens is 304 g/mol. The van der Waals surface area contributed by atoms with Crippen molar-refractivity contribution in [3.05, 3.63) is 41.7 Å². The summed E-state index contributed by atoms with van der Waals surface area (Å²) in [6, 6.07) is 9.96. The summed E-state index contributed by atoms with van der Waals surface area (Å²) in [5, 5.41) is 2.87. The van der Waals surface area contributed by atoms with Crippen LogP contribution in [0.3, 0.4) is 0 Å². The topological polar surface area (TPSA) is 74.2 Å². The number of anilines is 2. The highest BCUT2D eigenvalue weighted by molar-refractivity contribution is 5.76. The SMILES string of the molecule is CN(C)c1nc(CNC(=O)CCc2ccccc2)nc(N(C)C)n1. The number of carbonyl (C=O) groups is 1. The van der Waals surface area contributed by atoms with Gasteiger partial charge in [0, 0.05) is 34.6 Å². The number of aryl methyl sites for hydroxylation is 1.